The van der Waals surface area contributed by atoms with Gasteiger partial charge in [-0.1, -0.05) is 35.9 Å². The number of carbonyl (C=O) groups is 1. The number of thiophene rings is 1. The van der Waals surface area contributed by atoms with Crippen molar-refractivity contribution in [2.45, 2.75) is 13.0 Å². The van der Waals surface area contributed by atoms with Gasteiger partial charge in [-0.25, -0.2) is 0 Å². The number of fused-ring (bicyclic) bond motifs is 1. The van der Waals surface area contributed by atoms with Crippen LogP contribution in [-0.4, -0.2) is 43.7 Å². The minimum Gasteiger partial charge on any atom is -0.386 e. The van der Waals surface area contributed by atoms with Crippen molar-refractivity contribution < 1.29 is 9.90 Å². The summed E-state index contributed by atoms with van der Waals surface area (Å²) in [7, 11) is 1.67. The Morgan fingerprint density at radius 3 is 2.57 bits per heavy atom. The van der Waals surface area contributed by atoms with Crippen LogP contribution in [0.15, 0.2) is 59.6 Å². The Bertz CT molecular complexity index is 972. The number of hydrogen-bond acceptors (Lipinski definition) is 4. The molecule has 3 aromatic rings. The lowest BCUT2D eigenvalue weighted by molar-refractivity contribution is 0.0954. The zero-order valence-electron chi connectivity index (χ0n) is 17.0. The molecule has 4 N–H and O–H groups in total. The third-order valence-corrected chi connectivity index (χ3v) is 5.66. The fraction of sp³-hybridized carbons (Fsp3) is 0.273. The third kappa shape index (κ3) is 6.68. The number of aliphatic hydroxyl groups excluding tert-OH is 1. The van der Waals surface area contributed by atoms with E-state index in [9.17, 15) is 9.90 Å². The van der Waals surface area contributed by atoms with Gasteiger partial charge in [0.05, 0.1) is 0 Å². The molecule has 1 heterocycles. The molecule has 0 saturated heterocycles. The molecule has 2 aromatic carbocycles. The van der Waals surface area contributed by atoms with Crippen molar-refractivity contribution in [1.29, 1.82) is 0 Å². The van der Waals surface area contributed by atoms with Crippen molar-refractivity contribution in [2.24, 2.45) is 4.99 Å². The molecule has 30 heavy (non-hydrogen) atoms. The van der Waals surface area contributed by atoms with Gasteiger partial charge in [0.2, 0.25) is 0 Å². The summed E-state index contributed by atoms with van der Waals surface area (Å²) in [6, 6.07) is 17.6. The SMILES string of the molecule is CN=C(NCCNC(=O)c1cccc(C)c1)NCC(O)c1cc2ccccc2s1.I. The van der Waals surface area contributed by atoms with Gasteiger partial charge >= 0.3 is 0 Å². The summed E-state index contributed by atoms with van der Waals surface area (Å²) in [4.78, 5) is 17.2. The van der Waals surface area contributed by atoms with Crippen LogP contribution in [0.4, 0.5) is 0 Å². The average Bonchev–Trinajstić information content (AvgIpc) is 3.17. The lowest BCUT2D eigenvalue weighted by Crippen LogP contribution is -2.42. The maximum absolute atomic E-state index is 12.1. The van der Waals surface area contributed by atoms with Gasteiger partial charge in [0.15, 0.2) is 5.96 Å². The predicted molar refractivity (Wildman–Crippen MR) is 135 cm³/mol. The fourth-order valence-corrected chi connectivity index (χ4v) is 3.98. The van der Waals surface area contributed by atoms with Gasteiger partial charge in [-0.15, -0.1) is 35.3 Å². The number of nitrogens with one attached hydrogen (secondary N) is 3. The second kappa shape index (κ2) is 11.9. The highest BCUT2D eigenvalue weighted by atomic mass is 127. The van der Waals surface area contributed by atoms with Gasteiger partial charge in [0.1, 0.15) is 6.10 Å². The molecule has 6 nitrogen and oxygen atoms in total. The summed E-state index contributed by atoms with van der Waals surface area (Å²) in [6.07, 6.45) is -0.619. The molecular formula is C22H27IN4O2S. The number of amides is 1. The van der Waals surface area contributed by atoms with Crippen molar-refractivity contribution in [2.75, 3.05) is 26.7 Å². The van der Waals surface area contributed by atoms with E-state index in [1.807, 2.05) is 49.4 Å². The van der Waals surface area contributed by atoms with Gasteiger partial charge in [0.25, 0.3) is 5.91 Å². The molecule has 0 radical (unpaired) electrons. The van der Waals surface area contributed by atoms with Crippen molar-refractivity contribution in [1.82, 2.24) is 16.0 Å². The Morgan fingerprint density at radius 1 is 1.07 bits per heavy atom. The smallest absolute Gasteiger partial charge is 0.251 e. The molecule has 3 rings (SSSR count). The highest BCUT2D eigenvalue weighted by Gasteiger charge is 2.12. The summed E-state index contributed by atoms with van der Waals surface area (Å²) in [6.45, 7) is 3.30. The Hall–Kier alpha value is -2.17. The first-order valence-corrected chi connectivity index (χ1v) is 10.3. The molecule has 1 unspecified atom stereocenters. The summed E-state index contributed by atoms with van der Waals surface area (Å²) in [5.41, 5.74) is 1.71. The predicted octanol–water partition coefficient (Wildman–Crippen LogP) is 3.46. The quantitative estimate of drug-likeness (QED) is 0.161. The zero-order chi connectivity index (χ0) is 20.6. The minimum atomic E-state index is -0.619. The number of aliphatic imine (C=N–C) groups is 1. The van der Waals surface area contributed by atoms with Crippen LogP contribution < -0.4 is 16.0 Å². The summed E-state index contributed by atoms with van der Waals surface area (Å²) in [5.74, 6) is 0.480. The van der Waals surface area contributed by atoms with E-state index in [0.717, 1.165) is 20.5 Å². The van der Waals surface area contributed by atoms with E-state index >= 15 is 0 Å². The second-order valence-corrected chi connectivity index (χ2v) is 7.82. The van der Waals surface area contributed by atoms with Crippen LogP contribution >= 0.6 is 35.3 Å². The number of rotatable bonds is 7. The number of carbonyl (C=O) groups excluding carboxylic acids is 1. The highest BCUT2D eigenvalue weighted by molar-refractivity contribution is 14.0. The largest absolute Gasteiger partial charge is 0.386 e. The third-order valence-electron chi connectivity index (χ3n) is 4.44. The van der Waals surface area contributed by atoms with E-state index in [4.69, 9.17) is 0 Å². The van der Waals surface area contributed by atoms with E-state index < -0.39 is 6.10 Å². The number of aliphatic hydroxyl groups is 1. The molecule has 0 aliphatic carbocycles. The van der Waals surface area contributed by atoms with Crippen molar-refractivity contribution in [3.63, 3.8) is 0 Å². The molecule has 0 aliphatic rings. The van der Waals surface area contributed by atoms with E-state index in [-0.39, 0.29) is 29.9 Å². The molecule has 0 bridgehead atoms. The van der Waals surface area contributed by atoms with Crippen LogP contribution in [0.2, 0.25) is 0 Å². The fourth-order valence-electron chi connectivity index (χ4n) is 2.93. The molecule has 0 saturated carbocycles. The van der Waals surface area contributed by atoms with Crippen LogP contribution in [-0.2, 0) is 0 Å². The molecule has 1 atom stereocenters. The van der Waals surface area contributed by atoms with Gasteiger partial charge < -0.3 is 21.1 Å². The number of halogens is 1. The summed E-state index contributed by atoms with van der Waals surface area (Å²) in [5, 5.41) is 20.7. The average molecular weight is 538 g/mol. The number of guanidine groups is 1. The molecule has 160 valence electrons. The standard InChI is InChI=1S/C22H26N4O2S.HI/c1-15-6-5-8-17(12-15)21(28)24-10-11-25-22(23-2)26-14-18(27)20-13-16-7-3-4-9-19(16)29-20;/h3-9,12-13,18,27H,10-11,14H2,1-2H3,(H,24,28)(H2,23,25,26);1H. The van der Waals surface area contributed by atoms with Gasteiger partial charge in [-0.3, -0.25) is 9.79 Å². The number of nitrogens with zero attached hydrogens (tertiary/aromatic N) is 1. The normalized spacial score (nSPS) is 12.2. The molecule has 1 amide bonds. The molecule has 0 aliphatic heterocycles. The first-order chi connectivity index (χ1) is 14.1. The molecule has 1 aromatic heterocycles. The molecule has 0 spiro atoms. The topological polar surface area (TPSA) is 85.8 Å². The van der Waals surface area contributed by atoms with Gasteiger partial charge in [-0.05, 0) is 36.6 Å². The van der Waals surface area contributed by atoms with Gasteiger partial charge in [-0.2, -0.15) is 0 Å². The van der Waals surface area contributed by atoms with Crippen molar-refractivity contribution in [3.05, 3.63) is 70.6 Å². The van der Waals surface area contributed by atoms with E-state index in [1.165, 1.54) is 0 Å². The van der Waals surface area contributed by atoms with E-state index in [0.29, 0.717) is 31.2 Å². The van der Waals surface area contributed by atoms with Crippen LogP contribution in [0.3, 0.4) is 0 Å². The van der Waals surface area contributed by atoms with E-state index in [1.54, 1.807) is 24.5 Å². The minimum absolute atomic E-state index is 0. The lowest BCUT2D eigenvalue weighted by atomic mass is 10.1. The number of hydrogen-bond donors (Lipinski definition) is 4. The summed E-state index contributed by atoms with van der Waals surface area (Å²) < 4.78 is 1.16. The van der Waals surface area contributed by atoms with Crippen LogP contribution in [0.1, 0.15) is 26.9 Å². The Labute approximate surface area is 197 Å². The van der Waals surface area contributed by atoms with E-state index in [2.05, 4.69) is 27.0 Å². The number of benzene rings is 2. The Kier molecular flexibility index (Phi) is 9.54. The zero-order valence-corrected chi connectivity index (χ0v) is 20.2. The van der Waals surface area contributed by atoms with Crippen molar-refractivity contribution in [3.8, 4) is 0 Å². The first-order valence-electron chi connectivity index (χ1n) is 9.53. The second-order valence-electron chi connectivity index (χ2n) is 6.71. The van der Waals surface area contributed by atoms with Gasteiger partial charge in [0, 0.05) is 41.8 Å². The van der Waals surface area contributed by atoms with Crippen molar-refractivity contribution >= 4 is 57.3 Å². The molecular weight excluding hydrogens is 511 g/mol. The lowest BCUT2D eigenvalue weighted by Gasteiger charge is -2.15. The van der Waals surface area contributed by atoms with Crippen LogP contribution in [0.5, 0.6) is 0 Å². The number of aryl methyl sites for hydroxylation is 1. The Balaban J connectivity index is 0.00000320. The maximum Gasteiger partial charge on any atom is 0.251 e. The van der Waals surface area contributed by atoms with Crippen LogP contribution in [0, 0.1) is 6.92 Å². The Morgan fingerprint density at radius 2 is 1.83 bits per heavy atom. The highest BCUT2D eigenvalue weighted by Crippen LogP contribution is 2.29. The maximum atomic E-state index is 12.1. The summed E-state index contributed by atoms with van der Waals surface area (Å²) >= 11 is 1.59. The molecule has 0 fully saturated rings. The monoisotopic (exact) mass is 538 g/mol. The first kappa shape index (κ1) is 24.1. The molecule has 8 heteroatoms. The van der Waals surface area contributed by atoms with Crippen LogP contribution in [0.25, 0.3) is 10.1 Å².